The van der Waals surface area contributed by atoms with Crippen LogP contribution in [0.15, 0.2) is 84.9 Å². The quantitative estimate of drug-likeness (QED) is 0.379. The van der Waals surface area contributed by atoms with E-state index >= 15 is 0 Å². The van der Waals surface area contributed by atoms with Gasteiger partial charge in [-0.3, -0.25) is 0 Å². The molecule has 0 saturated carbocycles. The van der Waals surface area contributed by atoms with Gasteiger partial charge in [0.2, 0.25) is 0 Å². The Morgan fingerprint density at radius 1 is 0.759 bits per heavy atom. The number of nitrogens with one attached hydrogen (secondary N) is 1. The molecule has 1 N–H and O–H groups in total. The summed E-state index contributed by atoms with van der Waals surface area (Å²) >= 11 is 6.15. The zero-order valence-electron chi connectivity index (χ0n) is 15.9. The highest BCUT2D eigenvalue weighted by Gasteiger charge is 2.12. The van der Waals surface area contributed by atoms with Crippen molar-refractivity contribution in [1.82, 2.24) is 5.32 Å². The van der Waals surface area contributed by atoms with Crippen LogP contribution in [0.25, 0.3) is 10.8 Å². The number of ether oxygens (including phenoxy) is 1. The van der Waals surface area contributed by atoms with Crippen LogP contribution >= 0.6 is 11.6 Å². The Labute approximate surface area is 174 Å². The molecule has 4 rings (SSSR count). The summed E-state index contributed by atoms with van der Waals surface area (Å²) in [5.41, 5.74) is 2.63. The summed E-state index contributed by atoms with van der Waals surface area (Å²) in [5, 5.41) is 6.12. The molecule has 0 radical (unpaired) electrons. The van der Waals surface area contributed by atoms with Crippen LogP contribution in [0.2, 0.25) is 5.02 Å². The van der Waals surface area contributed by atoms with Gasteiger partial charge in [0.05, 0.1) is 5.02 Å². The van der Waals surface area contributed by atoms with Gasteiger partial charge in [0.15, 0.2) is 0 Å². The molecule has 0 fully saturated rings. The van der Waals surface area contributed by atoms with Crippen molar-refractivity contribution in [3.63, 3.8) is 0 Å². The van der Waals surface area contributed by atoms with Crippen molar-refractivity contribution in [2.24, 2.45) is 0 Å². The molecule has 0 aliphatic rings. The third-order valence-electron chi connectivity index (χ3n) is 4.91. The van der Waals surface area contributed by atoms with Gasteiger partial charge in [-0.2, -0.15) is 0 Å². The average molecular weight is 406 g/mol. The van der Waals surface area contributed by atoms with E-state index in [-0.39, 0.29) is 12.4 Å². The highest BCUT2D eigenvalue weighted by molar-refractivity contribution is 6.31. The van der Waals surface area contributed by atoms with E-state index in [4.69, 9.17) is 16.3 Å². The molecule has 4 aromatic rings. The van der Waals surface area contributed by atoms with Gasteiger partial charge < -0.3 is 10.1 Å². The van der Waals surface area contributed by atoms with Crippen molar-refractivity contribution in [1.29, 1.82) is 0 Å². The molecule has 0 aromatic heterocycles. The molecule has 0 spiro atoms. The number of rotatable bonds is 7. The minimum absolute atomic E-state index is 0.0789. The lowest BCUT2D eigenvalue weighted by molar-refractivity contribution is 0.296. The number of benzene rings is 4. The maximum Gasteiger partial charge on any atom is 0.131 e. The first-order chi connectivity index (χ1) is 14.2. The molecule has 0 bridgehead atoms. The monoisotopic (exact) mass is 405 g/mol. The molecule has 4 heteroatoms. The van der Waals surface area contributed by atoms with E-state index in [0.29, 0.717) is 17.1 Å². The van der Waals surface area contributed by atoms with E-state index < -0.39 is 0 Å². The molecule has 0 unspecified atom stereocenters. The van der Waals surface area contributed by atoms with E-state index in [1.54, 1.807) is 12.1 Å². The number of fused-ring (bicyclic) bond motifs is 1. The van der Waals surface area contributed by atoms with Crippen molar-refractivity contribution in [2.75, 3.05) is 0 Å². The van der Waals surface area contributed by atoms with Crippen LogP contribution in [0, 0.1) is 5.82 Å². The van der Waals surface area contributed by atoms with Gasteiger partial charge in [0, 0.05) is 24.2 Å². The summed E-state index contributed by atoms with van der Waals surface area (Å²) in [6.07, 6.45) is 0. The zero-order valence-corrected chi connectivity index (χ0v) is 16.6. The molecule has 0 amide bonds. The average Bonchev–Trinajstić information content (AvgIpc) is 2.75. The number of halogens is 2. The van der Waals surface area contributed by atoms with Crippen LogP contribution in [0.1, 0.15) is 16.7 Å². The summed E-state index contributed by atoms with van der Waals surface area (Å²) in [4.78, 5) is 0. The van der Waals surface area contributed by atoms with E-state index in [2.05, 4.69) is 29.6 Å². The Bertz CT molecular complexity index is 1090. The zero-order chi connectivity index (χ0) is 20.1. The Morgan fingerprint density at radius 3 is 2.38 bits per heavy atom. The van der Waals surface area contributed by atoms with Crippen LogP contribution in [-0.2, 0) is 19.7 Å². The lowest BCUT2D eigenvalue weighted by Gasteiger charge is -2.16. The van der Waals surface area contributed by atoms with Gasteiger partial charge in [-0.05, 0) is 34.5 Å². The van der Waals surface area contributed by atoms with E-state index in [1.807, 2.05) is 42.5 Å². The van der Waals surface area contributed by atoms with Crippen molar-refractivity contribution in [2.45, 2.75) is 19.7 Å². The smallest absolute Gasteiger partial charge is 0.131 e. The molecule has 0 aliphatic heterocycles. The highest BCUT2D eigenvalue weighted by atomic mass is 35.5. The molecule has 2 nitrogen and oxygen atoms in total. The second-order valence-corrected chi connectivity index (χ2v) is 7.25. The summed E-state index contributed by atoms with van der Waals surface area (Å²) in [6, 6.07) is 27.1. The fraction of sp³-hybridized carbons (Fsp3) is 0.120. The van der Waals surface area contributed by atoms with E-state index in [1.165, 1.54) is 11.6 Å². The number of hydrogen-bond donors (Lipinski definition) is 1. The Hall–Kier alpha value is -2.88. The minimum atomic E-state index is -0.359. The fourth-order valence-electron chi connectivity index (χ4n) is 3.38. The lowest BCUT2D eigenvalue weighted by atomic mass is 10.0. The van der Waals surface area contributed by atoms with Gasteiger partial charge in [0.1, 0.15) is 18.2 Å². The second-order valence-electron chi connectivity index (χ2n) is 6.84. The van der Waals surface area contributed by atoms with Crippen LogP contribution in [0.3, 0.4) is 0 Å². The van der Waals surface area contributed by atoms with Gasteiger partial charge in [-0.25, -0.2) is 4.39 Å². The standard InChI is InChI=1S/C25H21ClFNO/c26-23-11-6-12-24(27)22(23)17-29-25-14-13-19-9-4-5-10-20(19)21(25)16-28-15-18-7-2-1-3-8-18/h1-14,28H,15-17H2. The first-order valence-corrected chi connectivity index (χ1v) is 9.91. The van der Waals surface area contributed by atoms with Gasteiger partial charge in [-0.1, -0.05) is 78.3 Å². The molecular formula is C25H21ClFNO. The van der Waals surface area contributed by atoms with Crippen molar-refractivity contribution >= 4 is 22.4 Å². The first kappa shape index (κ1) is 19.4. The predicted molar refractivity (Wildman–Crippen MR) is 117 cm³/mol. The summed E-state index contributed by atoms with van der Waals surface area (Å²) in [6.45, 7) is 1.47. The lowest BCUT2D eigenvalue weighted by Crippen LogP contribution is -2.14. The molecule has 29 heavy (non-hydrogen) atoms. The van der Waals surface area contributed by atoms with E-state index in [9.17, 15) is 4.39 Å². The largest absolute Gasteiger partial charge is 0.488 e. The normalized spacial score (nSPS) is 11.0. The van der Waals surface area contributed by atoms with Gasteiger partial charge >= 0.3 is 0 Å². The van der Waals surface area contributed by atoms with Gasteiger partial charge in [0.25, 0.3) is 0 Å². The molecule has 0 aliphatic carbocycles. The summed E-state index contributed by atoms with van der Waals surface area (Å²) in [5.74, 6) is 0.366. The van der Waals surface area contributed by atoms with Crippen molar-refractivity contribution < 1.29 is 9.13 Å². The van der Waals surface area contributed by atoms with E-state index in [0.717, 1.165) is 28.6 Å². The Kier molecular flexibility index (Phi) is 6.09. The highest BCUT2D eigenvalue weighted by Crippen LogP contribution is 2.30. The van der Waals surface area contributed by atoms with Crippen LogP contribution in [0.4, 0.5) is 4.39 Å². The number of hydrogen-bond acceptors (Lipinski definition) is 2. The predicted octanol–water partition coefficient (Wildman–Crippen LogP) is 6.50. The SMILES string of the molecule is Fc1cccc(Cl)c1COc1ccc2ccccc2c1CNCc1ccccc1. The maximum atomic E-state index is 14.1. The molecule has 0 saturated heterocycles. The van der Waals surface area contributed by atoms with Crippen molar-refractivity contribution in [3.8, 4) is 5.75 Å². The second kappa shape index (κ2) is 9.08. The Morgan fingerprint density at radius 2 is 1.55 bits per heavy atom. The maximum absolute atomic E-state index is 14.1. The minimum Gasteiger partial charge on any atom is -0.488 e. The molecule has 0 atom stereocenters. The van der Waals surface area contributed by atoms with Crippen LogP contribution < -0.4 is 10.1 Å². The molecule has 0 heterocycles. The van der Waals surface area contributed by atoms with Gasteiger partial charge in [-0.15, -0.1) is 0 Å². The third-order valence-corrected chi connectivity index (χ3v) is 5.26. The third kappa shape index (κ3) is 4.58. The van der Waals surface area contributed by atoms with Crippen LogP contribution in [0.5, 0.6) is 5.75 Å². The first-order valence-electron chi connectivity index (χ1n) is 9.53. The molecular weight excluding hydrogens is 385 g/mol. The summed E-state index contributed by atoms with van der Waals surface area (Å²) in [7, 11) is 0. The Balaban J connectivity index is 1.58. The van der Waals surface area contributed by atoms with Crippen molar-refractivity contribution in [3.05, 3.63) is 112 Å². The van der Waals surface area contributed by atoms with Crippen LogP contribution in [-0.4, -0.2) is 0 Å². The topological polar surface area (TPSA) is 21.3 Å². The molecule has 4 aromatic carbocycles. The fourth-order valence-corrected chi connectivity index (χ4v) is 3.60. The summed E-state index contributed by atoms with van der Waals surface area (Å²) < 4.78 is 20.2. The molecule has 146 valence electrons.